The molecule has 0 atom stereocenters. The molecule has 0 amide bonds. The molecule has 1 aromatic carbocycles. The molecule has 0 spiro atoms. The van der Waals surface area contributed by atoms with Crippen molar-refractivity contribution in [1.82, 2.24) is 14.8 Å². The first kappa shape index (κ1) is 11.9. The van der Waals surface area contributed by atoms with E-state index in [-0.39, 0.29) is 0 Å². The van der Waals surface area contributed by atoms with Gasteiger partial charge in [0.25, 0.3) is 0 Å². The van der Waals surface area contributed by atoms with Gasteiger partial charge in [-0.3, -0.25) is 9.67 Å². The third-order valence-corrected chi connectivity index (χ3v) is 3.50. The molecule has 4 nitrogen and oxygen atoms in total. The molecular formula is C17H13N3O. The van der Waals surface area contributed by atoms with Gasteiger partial charge in [-0.2, -0.15) is 5.10 Å². The summed E-state index contributed by atoms with van der Waals surface area (Å²) in [4.78, 5) is 4.32. The highest BCUT2D eigenvalue weighted by Gasteiger charge is 2.12. The summed E-state index contributed by atoms with van der Waals surface area (Å²) >= 11 is 0. The van der Waals surface area contributed by atoms with Crippen LogP contribution in [0.15, 0.2) is 65.5 Å². The minimum absolute atomic E-state index is 0.800. The largest absolute Gasteiger partial charge is 0.454 e. The zero-order chi connectivity index (χ0) is 14.2. The van der Waals surface area contributed by atoms with Crippen molar-refractivity contribution in [3.05, 3.63) is 61.1 Å². The molecule has 3 heterocycles. The first-order valence-corrected chi connectivity index (χ1v) is 6.74. The van der Waals surface area contributed by atoms with E-state index in [0.717, 1.165) is 33.6 Å². The van der Waals surface area contributed by atoms with Crippen molar-refractivity contribution in [2.24, 2.45) is 7.05 Å². The van der Waals surface area contributed by atoms with Gasteiger partial charge in [-0.05, 0) is 17.7 Å². The van der Waals surface area contributed by atoms with Crippen molar-refractivity contribution < 1.29 is 4.42 Å². The van der Waals surface area contributed by atoms with E-state index in [0.29, 0.717) is 0 Å². The van der Waals surface area contributed by atoms with E-state index in [9.17, 15) is 0 Å². The molecule has 0 fully saturated rings. The van der Waals surface area contributed by atoms with Crippen LogP contribution in [0.4, 0.5) is 0 Å². The van der Waals surface area contributed by atoms with Crippen LogP contribution >= 0.6 is 0 Å². The molecule has 0 aliphatic carbocycles. The van der Waals surface area contributed by atoms with Gasteiger partial charge in [-0.1, -0.05) is 24.3 Å². The van der Waals surface area contributed by atoms with Gasteiger partial charge < -0.3 is 4.42 Å². The maximum absolute atomic E-state index is 5.93. The average Bonchev–Trinajstić information content (AvgIpc) is 3.13. The van der Waals surface area contributed by atoms with Crippen LogP contribution in [-0.2, 0) is 7.05 Å². The fourth-order valence-electron chi connectivity index (χ4n) is 2.51. The second-order valence-corrected chi connectivity index (χ2v) is 4.95. The predicted molar refractivity (Wildman–Crippen MR) is 81.6 cm³/mol. The van der Waals surface area contributed by atoms with Gasteiger partial charge in [0.2, 0.25) is 0 Å². The van der Waals surface area contributed by atoms with Crippen molar-refractivity contribution in [1.29, 1.82) is 0 Å². The fraction of sp³-hybridized carbons (Fsp3) is 0.0588. The van der Waals surface area contributed by atoms with Crippen molar-refractivity contribution in [2.75, 3.05) is 0 Å². The summed E-state index contributed by atoms with van der Waals surface area (Å²) in [7, 11) is 1.91. The highest BCUT2D eigenvalue weighted by Crippen LogP contribution is 2.34. The average molecular weight is 275 g/mol. The van der Waals surface area contributed by atoms with Crippen molar-refractivity contribution in [3.63, 3.8) is 0 Å². The number of benzene rings is 1. The molecule has 0 radical (unpaired) electrons. The summed E-state index contributed by atoms with van der Waals surface area (Å²) in [6, 6.07) is 13.9. The fourth-order valence-corrected chi connectivity index (χ4v) is 2.51. The lowest BCUT2D eigenvalue weighted by molar-refractivity contribution is 0.631. The van der Waals surface area contributed by atoms with Crippen LogP contribution in [0.5, 0.6) is 0 Å². The highest BCUT2D eigenvalue weighted by atomic mass is 16.3. The Morgan fingerprint density at radius 1 is 1.05 bits per heavy atom. The normalized spacial score (nSPS) is 11.1. The summed E-state index contributed by atoms with van der Waals surface area (Å²) in [6.45, 7) is 0. The molecule has 0 N–H and O–H groups in total. The molecule has 4 rings (SSSR count). The van der Waals surface area contributed by atoms with E-state index < -0.39 is 0 Å². The number of aryl methyl sites for hydroxylation is 1. The van der Waals surface area contributed by atoms with Gasteiger partial charge in [-0.15, -0.1) is 0 Å². The van der Waals surface area contributed by atoms with Gasteiger partial charge in [0.15, 0.2) is 5.58 Å². The number of aromatic nitrogens is 3. The zero-order valence-electron chi connectivity index (χ0n) is 11.5. The number of hydrogen-bond acceptors (Lipinski definition) is 3. The van der Waals surface area contributed by atoms with Crippen molar-refractivity contribution >= 4 is 11.1 Å². The Balaban J connectivity index is 1.92. The van der Waals surface area contributed by atoms with Crippen LogP contribution in [-0.4, -0.2) is 14.8 Å². The Bertz CT molecular complexity index is 887. The van der Waals surface area contributed by atoms with Gasteiger partial charge in [-0.25, -0.2) is 0 Å². The zero-order valence-corrected chi connectivity index (χ0v) is 11.5. The summed E-state index contributed by atoms with van der Waals surface area (Å²) in [5, 5.41) is 4.24. The second-order valence-electron chi connectivity index (χ2n) is 4.95. The molecule has 21 heavy (non-hydrogen) atoms. The van der Waals surface area contributed by atoms with E-state index in [4.69, 9.17) is 4.42 Å². The van der Waals surface area contributed by atoms with Crippen LogP contribution in [0, 0.1) is 0 Å². The van der Waals surface area contributed by atoms with Gasteiger partial charge in [0, 0.05) is 36.6 Å². The van der Waals surface area contributed by atoms with Gasteiger partial charge in [0.1, 0.15) is 11.3 Å². The Morgan fingerprint density at radius 3 is 2.67 bits per heavy atom. The number of hydrogen-bond donors (Lipinski definition) is 0. The van der Waals surface area contributed by atoms with E-state index in [1.165, 1.54) is 0 Å². The molecule has 3 aromatic heterocycles. The van der Waals surface area contributed by atoms with E-state index >= 15 is 0 Å². The minimum atomic E-state index is 0.800. The summed E-state index contributed by atoms with van der Waals surface area (Å²) in [6.07, 6.45) is 5.63. The van der Waals surface area contributed by atoms with E-state index in [1.807, 2.05) is 49.8 Å². The Labute approximate surface area is 121 Å². The van der Waals surface area contributed by atoms with Crippen LogP contribution in [0.25, 0.3) is 33.6 Å². The summed E-state index contributed by atoms with van der Waals surface area (Å²) in [5.74, 6) is 0.822. The SMILES string of the molecule is Cn1cc(-c2ccccc2-c2cc3ncccc3o2)cn1. The molecule has 0 aliphatic rings. The molecule has 0 aliphatic heterocycles. The van der Waals surface area contributed by atoms with Gasteiger partial charge >= 0.3 is 0 Å². The van der Waals surface area contributed by atoms with Crippen LogP contribution in [0.3, 0.4) is 0 Å². The number of furan rings is 1. The van der Waals surface area contributed by atoms with E-state index in [1.54, 1.807) is 10.9 Å². The molecule has 0 saturated carbocycles. The molecule has 4 heteroatoms. The lowest BCUT2D eigenvalue weighted by Gasteiger charge is -2.04. The topological polar surface area (TPSA) is 43.9 Å². The smallest absolute Gasteiger partial charge is 0.153 e. The Hall–Kier alpha value is -2.88. The van der Waals surface area contributed by atoms with Crippen LogP contribution < -0.4 is 0 Å². The third kappa shape index (κ3) is 2.01. The second kappa shape index (κ2) is 4.59. The molecule has 102 valence electrons. The monoisotopic (exact) mass is 275 g/mol. The number of rotatable bonds is 2. The maximum Gasteiger partial charge on any atom is 0.153 e. The molecule has 0 bridgehead atoms. The molecule has 0 saturated heterocycles. The Kier molecular flexibility index (Phi) is 2.60. The quantitative estimate of drug-likeness (QED) is 0.557. The first-order valence-electron chi connectivity index (χ1n) is 6.74. The lowest BCUT2D eigenvalue weighted by atomic mass is 10.0. The molecular weight excluding hydrogens is 262 g/mol. The lowest BCUT2D eigenvalue weighted by Crippen LogP contribution is -1.84. The molecule has 4 aromatic rings. The molecule has 0 unspecified atom stereocenters. The number of nitrogens with zero attached hydrogens (tertiary/aromatic N) is 3. The Morgan fingerprint density at radius 2 is 1.90 bits per heavy atom. The van der Waals surface area contributed by atoms with Crippen LogP contribution in [0.1, 0.15) is 0 Å². The standard InChI is InChI=1S/C17H13N3O/c1-20-11-12(10-19-20)13-5-2-3-6-14(13)17-9-15-16(21-17)7-4-8-18-15/h2-11H,1H3. The minimum Gasteiger partial charge on any atom is -0.454 e. The third-order valence-electron chi connectivity index (χ3n) is 3.50. The summed E-state index contributed by atoms with van der Waals surface area (Å²) in [5.41, 5.74) is 4.89. The predicted octanol–water partition coefficient (Wildman–Crippen LogP) is 3.90. The van der Waals surface area contributed by atoms with Crippen LogP contribution in [0.2, 0.25) is 0 Å². The maximum atomic E-state index is 5.93. The van der Waals surface area contributed by atoms with Gasteiger partial charge in [0.05, 0.1) is 6.20 Å². The highest BCUT2D eigenvalue weighted by molar-refractivity contribution is 5.86. The number of fused-ring (bicyclic) bond motifs is 1. The number of pyridine rings is 1. The van der Waals surface area contributed by atoms with Crippen molar-refractivity contribution in [3.8, 4) is 22.5 Å². The summed E-state index contributed by atoms with van der Waals surface area (Å²) < 4.78 is 7.73. The van der Waals surface area contributed by atoms with E-state index in [2.05, 4.69) is 22.2 Å². The van der Waals surface area contributed by atoms with Crippen molar-refractivity contribution in [2.45, 2.75) is 0 Å². The first-order chi connectivity index (χ1) is 10.3.